The summed E-state index contributed by atoms with van der Waals surface area (Å²) in [7, 11) is 2.57. The average Bonchev–Trinajstić information content (AvgIpc) is 3.09. The van der Waals surface area contributed by atoms with Crippen molar-refractivity contribution >= 4 is 71.4 Å². The van der Waals surface area contributed by atoms with Crippen LogP contribution in [-0.4, -0.2) is 35.9 Å². The monoisotopic (exact) mass is 796 g/mol. The predicted molar refractivity (Wildman–Crippen MR) is 182 cm³/mol. The molecule has 0 aliphatic rings. The van der Waals surface area contributed by atoms with E-state index in [1.165, 1.54) is 38.5 Å². The quantitative estimate of drug-likeness (QED) is 0.0438. The number of alkyl halides is 6. The minimum Gasteiger partial charge on any atom is -0.779 e. The fraction of sp³-hybridized carbons (Fsp3) is 0.176. The van der Waals surface area contributed by atoms with Gasteiger partial charge < -0.3 is 34.7 Å². The van der Waals surface area contributed by atoms with Gasteiger partial charge in [0.15, 0.2) is 0 Å². The summed E-state index contributed by atoms with van der Waals surface area (Å²) in [4.78, 5) is 23.6. The van der Waals surface area contributed by atoms with Gasteiger partial charge in [0, 0.05) is 9.73 Å². The van der Waals surface area contributed by atoms with Gasteiger partial charge in [-0.3, -0.25) is 0 Å². The molecule has 0 aliphatic heterocycles. The van der Waals surface area contributed by atoms with E-state index in [0.29, 0.717) is 43.1 Å². The largest absolute Gasteiger partial charge is 2.00 e. The SMILES string of the molecule is COC(=O)c1ccc(C(=S)C([S-])c2ccc(C(F)(F)F)cc2)cc1.COC(=O)c1ccc(C(=S)C([S-])c2ccc(C(F)(F)F)cc2)cc1.[Ni+2]. The molecular formula is C34H24F6NiO4S4. The number of esters is 2. The van der Waals surface area contributed by atoms with E-state index < -0.39 is 45.9 Å². The van der Waals surface area contributed by atoms with Crippen molar-refractivity contribution in [1.29, 1.82) is 0 Å². The third-order valence-electron chi connectivity index (χ3n) is 6.74. The van der Waals surface area contributed by atoms with Crippen molar-refractivity contribution in [3.05, 3.63) is 142 Å². The summed E-state index contributed by atoms with van der Waals surface area (Å²) in [5.74, 6) is -0.935. The number of carbonyl (C=O) groups excluding carboxylic acids is 2. The average molecular weight is 798 g/mol. The Morgan fingerprint density at radius 2 is 0.776 bits per heavy atom. The number of methoxy groups -OCH3 is 2. The van der Waals surface area contributed by atoms with Crippen LogP contribution in [0.2, 0.25) is 0 Å². The van der Waals surface area contributed by atoms with Crippen molar-refractivity contribution in [2.75, 3.05) is 14.2 Å². The fourth-order valence-corrected chi connectivity index (χ4v) is 5.21. The van der Waals surface area contributed by atoms with Gasteiger partial charge in [-0.15, -0.1) is 10.5 Å². The summed E-state index contributed by atoms with van der Waals surface area (Å²) in [6.45, 7) is 0. The van der Waals surface area contributed by atoms with E-state index in [-0.39, 0.29) is 16.5 Å². The Morgan fingerprint density at radius 1 is 0.531 bits per heavy atom. The zero-order valence-electron chi connectivity index (χ0n) is 25.2. The maximum Gasteiger partial charge on any atom is 2.00 e. The molecule has 0 saturated heterocycles. The molecule has 0 spiro atoms. The van der Waals surface area contributed by atoms with Crippen LogP contribution in [0.5, 0.6) is 0 Å². The first-order valence-electron chi connectivity index (χ1n) is 13.6. The second-order valence-corrected chi connectivity index (χ2v) is 11.7. The number of thiocarbonyl (C=S) groups is 2. The van der Waals surface area contributed by atoms with Gasteiger partial charge in [0.2, 0.25) is 0 Å². The third-order valence-corrected chi connectivity index (χ3v) is 9.00. The number of hydrogen-bond donors (Lipinski definition) is 0. The van der Waals surface area contributed by atoms with Gasteiger partial charge >= 0.3 is 40.8 Å². The molecule has 0 saturated carbocycles. The molecule has 49 heavy (non-hydrogen) atoms. The first-order valence-corrected chi connectivity index (χ1v) is 15.3. The maximum atomic E-state index is 12.6. The first-order chi connectivity index (χ1) is 22.5. The van der Waals surface area contributed by atoms with Crippen molar-refractivity contribution < 1.29 is 61.9 Å². The van der Waals surface area contributed by atoms with Crippen LogP contribution in [-0.2, 0) is 63.6 Å². The zero-order chi connectivity index (χ0) is 35.8. The Balaban J connectivity index is 0.000000333. The number of halogens is 6. The molecule has 0 aromatic heterocycles. The van der Waals surface area contributed by atoms with Gasteiger partial charge in [0.1, 0.15) is 0 Å². The van der Waals surface area contributed by atoms with Crippen molar-refractivity contribution in [3.8, 4) is 0 Å². The normalized spacial score (nSPS) is 12.3. The number of rotatable bonds is 8. The van der Waals surface area contributed by atoms with Crippen molar-refractivity contribution in [3.63, 3.8) is 0 Å². The molecule has 4 nitrogen and oxygen atoms in total. The van der Waals surface area contributed by atoms with Crippen LogP contribution >= 0.6 is 24.4 Å². The van der Waals surface area contributed by atoms with E-state index in [9.17, 15) is 35.9 Å². The van der Waals surface area contributed by atoms with Crippen LogP contribution in [0.1, 0.15) is 64.6 Å². The zero-order valence-corrected chi connectivity index (χ0v) is 29.5. The Hall–Kier alpha value is -3.23. The molecule has 0 amide bonds. The van der Waals surface area contributed by atoms with E-state index in [1.807, 2.05) is 0 Å². The Bertz CT molecular complexity index is 1610. The van der Waals surface area contributed by atoms with Gasteiger partial charge in [-0.25, -0.2) is 9.59 Å². The Morgan fingerprint density at radius 3 is 1.00 bits per heavy atom. The van der Waals surface area contributed by atoms with E-state index in [1.54, 1.807) is 48.5 Å². The second kappa shape index (κ2) is 18.1. The molecule has 2 atom stereocenters. The molecule has 2 unspecified atom stereocenters. The molecule has 0 bridgehead atoms. The summed E-state index contributed by atoms with van der Waals surface area (Å²) >= 11 is 21.3. The molecule has 4 aromatic carbocycles. The molecule has 15 heteroatoms. The minimum atomic E-state index is -4.39. The number of carbonyl (C=O) groups is 2. The molecule has 0 N–H and O–H groups in total. The summed E-state index contributed by atoms with van der Waals surface area (Å²) in [6, 6.07) is 22.0. The van der Waals surface area contributed by atoms with Gasteiger partial charge in [-0.1, -0.05) is 84.1 Å². The molecule has 0 fully saturated rings. The standard InChI is InChI=1S/2C17H13F3O2S2.Ni/c2*1-22-16(21)12-4-2-10(3-5-12)14(23)15(24)11-6-8-13(9-7-11)17(18,19)20;/h2*2-9,15,24H,1H3;/q;;+2/p-2. The van der Waals surface area contributed by atoms with Crippen LogP contribution in [0, 0.1) is 0 Å². The summed E-state index contributed by atoms with van der Waals surface area (Å²) < 4.78 is 84.7. The molecule has 260 valence electrons. The van der Waals surface area contributed by atoms with E-state index in [4.69, 9.17) is 49.7 Å². The molecule has 0 aliphatic carbocycles. The first kappa shape index (κ1) is 41.9. The van der Waals surface area contributed by atoms with Crippen molar-refractivity contribution in [2.45, 2.75) is 22.9 Å². The smallest absolute Gasteiger partial charge is 0.779 e. The van der Waals surface area contributed by atoms with Gasteiger partial charge in [-0.2, -0.15) is 26.3 Å². The van der Waals surface area contributed by atoms with Crippen LogP contribution in [0.3, 0.4) is 0 Å². The number of benzene rings is 4. The molecule has 0 radical (unpaired) electrons. The van der Waals surface area contributed by atoms with E-state index in [2.05, 4.69) is 9.47 Å². The topological polar surface area (TPSA) is 52.6 Å². The molecular weight excluding hydrogens is 773 g/mol. The van der Waals surface area contributed by atoms with Gasteiger partial charge in [0.25, 0.3) is 0 Å². The maximum absolute atomic E-state index is 12.6. The van der Waals surface area contributed by atoms with Crippen LogP contribution < -0.4 is 0 Å². The summed E-state index contributed by atoms with van der Waals surface area (Å²) in [5, 5.41) is -1.29. The fourth-order valence-electron chi connectivity index (χ4n) is 4.08. The van der Waals surface area contributed by atoms with E-state index in [0.717, 1.165) is 24.3 Å². The van der Waals surface area contributed by atoms with Crippen molar-refractivity contribution in [1.82, 2.24) is 0 Å². The molecule has 4 rings (SSSR count). The minimum absolute atomic E-state index is 0. The Labute approximate surface area is 310 Å². The van der Waals surface area contributed by atoms with Crippen LogP contribution in [0.4, 0.5) is 26.3 Å². The number of ether oxygens (including phenoxy) is 2. The van der Waals surface area contributed by atoms with Crippen LogP contribution in [0.25, 0.3) is 0 Å². The molecule has 0 heterocycles. The second-order valence-electron chi connectivity index (χ2n) is 9.87. The summed E-state index contributed by atoms with van der Waals surface area (Å²) in [6.07, 6.45) is -8.78. The third kappa shape index (κ3) is 11.4. The molecule has 4 aromatic rings. The van der Waals surface area contributed by atoms with Gasteiger partial charge in [-0.05, 0) is 59.7 Å². The number of hydrogen-bond acceptors (Lipinski definition) is 8. The van der Waals surface area contributed by atoms with Crippen molar-refractivity contribution in [2.24, 2.45) is 0 Å². The Kier molecular flexibility index (Phi) is 15.5. The van der Waals surface area contributed by atoms with Gasteiger partial charge in [0.05, 0.1) is 36.5 Å². The van der Waals surface area contributed by atoms with E-state index >= 15 is 0 Å². The summed E-state index contributed by atoms with van der Waals surface area (Å²) in [5.41, 5.74) is 1.58. The predicted octanol–water partition coefficient (Wildman–Crippen LogP) is 8.99. The van der Waals surface area contributed by atoms with Crippen LogP contribution in [0.15, 0.2) is 97.1 Å².